The Morgan fingerprint density at radius 1 is 1.37 bits per heavy atom. The molecule has 0 aliphatic heterocycles. The Bertz CT molecular complexity index is 416. The van der Waals surface area contributed by atoms with Gasteiger partial charge in [-0.1, -0.05) is 26.0 Å². The van der Waals surface area contributed by atoms with Crippen LogP contribution in [0.4, 0.5) is 0 Å². The number of hydrogen-bond acceptors (Lipinski definition) is 3. The maximum Gasteiger partial charge on any atom is 0.335 e. The van der Waals surface area contributed by atoms with Gasteiger partial charge in [-0.2, -0.15) is 0 Å². The average molecular weight is 264 g/mol. The van der Waals surface area contributed by atoms with E-state index >= 15 is 0 Å². The summed E-state index contributed by atoms with van der Waals surface area (Å²) in [5.74, 6) is -0.347. The van der Waals surface area contributed by atoms with Crippen LogP contribution in [0.5, 0.6) is 0 Å². The number of carbonyl (C=O) groups is 1. The van der Waals surface area contributed by atoms with E-state index in [-0.39, 0.29) is 0 Å². The Hall–Kier alpha value is -1.39. The number of likely N-dealkylation sites (N-methyl/N-ethyl adjacent to an activating group) is 1. The molecule has 4 heteroatoms. The summed E-state index contributed by atoms with van der Waals surface area (Å²) in [5.41, 5.74) is 1.34. The Morgan fingerprint density at radius 2 is 2.05 bits per heavy atom. The van der Waals surface area contributed by atoms with Crippen LogP contribution in [0.1, 0.15) is 29.8 Å². The first-order chi connectivity index (χ1) is 8.90. The largest absolute Gasteiger partial charge is 0.478 e. The maximum atomic E-state index is 10.9. The summed E-state index contributed by atoms with van der Waals surface area (Å²) < 4.78 is 0. The van der Waals surface area contributed by atoms with Gasteiger partial charge < -0.3 is 15.3 Å². The van der Waals surface area contributed by atoms with Crippen LogP contribution in [0.3, 0.4) is 0 Å². The van der Waals surface area contributed by atoms with Gasteiger partial charge in [0.2, 0.25) is 0 Å². The molecule has 1 atom stereocenters. The molecule has 19 heavy (non-hydrogen) atoms. The first-order valence-corrected chi connectivity index (χ1v) is 6.60. The Balaban J connectivity index is 2.63. The summed E-state index contributed by atoms with van der Waals surface area (Å²) in [7, 11) is 4.12. The highest BCUT2D eigenvalue weighted by atomic mass is 16.4. The minimum absolute atomic E-state index is 0.341. The van der Waals surface area contributed by atoms with Crippen molar-refractivity contribution < 1.29 is 9.90 Å². The number of rotatable bonds is 7. The summed E-state index contributed by atoms with van der Waals surface area (Å²) in [6, 6.07) is 7.47. The number of hydrogen-bond donors (Lipinski definition) is 2. The van der Waals surface area contributed by atoms with Crippen LogP contribution in [0.25, 0.3) is 0 Å². The highest BCUT2D eigenvalue weighted by molar-refractivity contribution is 5.87. The van der Waals surface area contributed by atoms with Crippen molar-refractivity contribution in [2.24, 2.45) is 5.92 Å². The third-order valence-corrected chi connectivity index (χ3v) is 3.11. The third-order valence-electron chi connectivity index (χ3n) is 3.11. The molecule has 0 aliphatic carbocycles. The molecule has 106 valence electrons. The van der Waals surface area contributed by atoms with Crippen molar-refractivity contribution in [2.45, 2.75) is 26.4 Å². The van der Waals surface area contributed by atoms with Gasteiger partial charge in [-0.05, 0) is 37.7 Å². The smallest absolute Gasteiger partial charge is 0.335 e. The van der Waals surface area contributed by atoms with Gasteiger partial charge in [0, 0.05) is 19.1 Å². The van der Waals surface area contributed by atoms with Gasteiger partial charge in [0.1, 0.15) is 0 Å². The van der Waals surface area contributed by atoms with Crippen LogP contribution in [0, 0.1) is 5.92 Å². The van der Waals surface area contributed by atoms with Crippen LogP contribution < -0.4 is 5.32 Å². The van der Waals surface area contributed by atoms with Crippen molar-refractivity contribution in [3.8, 4) is 0 Å². The highest BCUT2D eigenvalue weighted by Gasteiger charge is 2.13. The van der Waals surface area contributed by atoms with Crippen molar-refractivity contribution in [2.75, 3.05) is 20.6 Å². The van der Waals surface area contributed by atoms with Gasteiger partial charge in [0.05, 0.1) is 5.56 Å². The Morgan fingerprint density at radius 3 is 2.58 bits per heavy atom. The predicted octanol–water partition coefficient (Wildman–Crippen LogP) is 2.06. The number of carboxylic acids is 1. The lowest BCUT2D eigenvalue weighted by Gasteiger charge is -2.25. The molecule has 0 bridgehead atoms. The molecule has 0 saturated carbocycles. The lowest BCUT2D eigenvalue weighted by molar-refractivity contribution is 0.0696. The van der Waals surface area contributed by atoms with Crippen LogP contribution in [0.2, 0.25) is 0 Å². The number of carboxylic acid groups (broad SMARTS) is 1. The zero-order valence-electron chi connectivity index (χ0n) is 12.2. The van der Waals surface area contributed by atoms with Crippen LogP contribution in [0.15, 0.2) is 24.3 Å². The zero-order valence-corrected chi connectivity index (χ0v) is 12.2. The normalized spacial score (nSPS) is 12.9. The molecule has 1 unspecified atom stereocenters. The summed E-state index contributed by atoms with van der Waals surface area (Å²) in [5, 5.41) is 12.5. The zero-order chi connectivity index (χ0) is 14.4. The number of aromatic carboxylic acids is 1. The third kappa shape index (κ3) is 5.41. The molecule has 0 saturated heterocycles. The van der Waals surface area contributed by atoms with E-state index in [1.165, 1.54) is 0 Å². The molecule has 0 fully saturated rings. The van der Waals surface area contributed by atoms with Gasteiger partial charge >= 0.3 is 5.97 Å². The van der Waals surface area contributed by atoms with Crippen molar-refractivity contribution in [1.29, 1.82) is 0 Å². The lowest BCUT2D eigenvalue weighted by Crippen LogP contribution is -2.41. The molecule has 0 amide bonds. The predicted molar refractivity (Wildman–Crippen MR) is 77.4 cm³/mol. The summed E-state index contributed by atoms with van der Waals surface area (Å²) >= 11 is 0. The molecule has 0 spiro atoms. The van der Waals surface area contributed by atoms with E-state index in [4.69, 9.17) is 5.11 Å². The number of nitrogens with one attached hydrogen (secondary N) is 1. The Labute approximate surface area is 115 Å². The molecular weight excluding hydrogens is 240 g/mol. The van der Waals surface area contributed by atoms with Crippen LogP contribution in [-0.4, -0.2) is 42.7 Å². The van der Waals surface area contributed by atoms with E-state index in [1.54, 1.807) is 18.2 Å². The molecule has 2 N–H and O–H groups in total. The van der Waals surface area contributed by atoms with Gasteiger partial charge in [0.15, 0.2) is 0 Å². The molecule has 1 rings (SSSR count). The second-order valence-electron chi connectivity index (χ2n) is 5.50. The van der Waals surface area contributed by atoms with Gasteiger partial charge in [-0.25, -0.2) is 4.79 Å². The minimum atomic E-state index is -0.879. The van der Waals surface area contributed by atoms with Crippen molar-refractivity contribution >= 4 is 5.97 Å². The standard InChI is InChI=1S/C15H24N2O2/c1-11(2)14(10-17(3)4)16-9-12-6-5-7-13(8-12)15(18)19/h5-8,11,14,16H,9-10H2,1-4H3,(H,18,19). The maximum absolute atomic E-state index is 10.9. The SMILES string of the molecule is CC(C)C(CN(C)C)NCc1cccc(C(=O)O)c1. The second kappa shape index (κ2) is 7.26. The van der Waals surface area contributed by atoms with Crippen molar-refractivity contribution in [1.82, 2.24) is 10.2 Å². The molecule has 0 heterocycles. The van der Waals surface area contributed by atoms with Crippen LogP contribution in [-0.2, 0) is 6.54 Å². The molecular formula is C15H24N2O2. The summed E-state index contributed by atoms with van der Waals surface area (Å²) in [6.45, 7) is 6.04. The van der Waals surface area contributed by atoms with Gasteiger partial charge in [0.25, 0.3) is 0 Å². The summed E-state index contributed by atoms with van der Waals surface area (Å²) in [6.07, 6.45) is 0. The van der Waals surface area contributed by atoms with Gasteiger partial charge in [-0.15, -0.1) is 0 Å². The van der Waals surface area contributed by atoms with Crippen LogP contribution >= 0.6 is 0 Å². The first kappa shape index (κ1) is 15.7. The quantitative estimate of drug-likeness (QED) is 0.791. The molecule has 1 aromatic rings. The van der Waals surface area contributed by atoms with Gasteiger partial charge in [-0.3, -0.25) is 0 Å². The van der Waals surface area contributed by atoms with E-state index in [1.807, 2.05) is 6.07 Å². The number of benzene rings is 1. The monoisotopic (exact) mass is 264 g/mol. The fraction of sp³-hybridized carbons (Fsp3) is 0.533. The summed E-state index contributed by atoms with van der Waals surface area (Å²) in [4.78, 5) is 13.1. The van der Waals surface area contributed by atoms with Crippen molar-refractivity contribution in [3.05, 3.63) is 35.4 Å². The molecule has 0 aliphatic rings. The Kier molecular flexibility index (Phi) is 5.99. The lowest BCUT2D eigenvalue weighted by atomic mass is 10.0. The van der Waals surface area contributed by atoms with E-state index < -0.39 is 5.97 Å². The molecule has 0 aromatic heterocycles. The highest BCUT2D eigenvalue weighted by Crippen LogP contribution is 2.08. The molecule has 4 nitrogen and oxygen atoms in total. The second-order valence-corrected chi connectivity index (χ2v) is 5.50. The average Bonchev–Trinajstić information content (AvgIpc) is 2.34. The van der Waals surface area contributed by atoms with Crippen molar-refractivity contribution in [3.63, 3.8) is 0 Å². The first-order valence-electron chi connectivity index (χ1n) is 6.60. The number of nitrogens with zero attached hydrogens (tertiary/aromatic N) is 1. The minimum Gasteiger partial charge on any atom is -0.478 e. The van der Waals surface area contributed by atoms with E-state index in [9.17, 15) is 4.79 Å². The molecule has 0 radical (unpaired) electrons. The van der Waals surface area contributed by atoms with E-state index in [0.717, 1.165) is 12.1 Å². The fourth-order valence-corrected chi connectivity index (χ4v) is 1.97. The van der Waals surface area contributed by atoms with E-state index in [2.05, 4.69) is 38.2 Å². The fourth-order valence-electron chi connectivity index (χ4n) is 1.97. The topological polar surface area (TPSA) is 52.6 Å². The molecule has 1 aromatic carbocycles. The van der Waals surface area contributed by atoms with E-state index in [0.29, 0.717) is 24.1 Å².